The number of carbonyl (C=O) groups is 1. The van der Waals surface area contributed by atoms with Gasteiger partial charge in [-0.05, 0) is 0 Å². The van der Waals surface area contributed by atoms with Crippen LogP contribution in [-0.2, 0) is 14.3 Å². The van der Waals surface area contributed by atoms with Crippen LogP contribution in [0.2, 0.25) is 0 Å². The first-order valence-electron chi connectivity index (χ1n) is 4.23. The number of hydrogen-bond acceptors (Lipinski definition) is 5. The normalized spacial score (nSPS) is 34.2. The van der Waals surface area contributed by atoms with Crippen LogP contribution in [0.4, 0.5) is 0 Å². The number of hydrogen-bond donors (Lipinski definition) is 2. The first-order chi connectivity index (χ1) is 6.08. The average Bonchev–Trinajstić information content (AvgIpc) is 1.99. The molecule has 2 N–H and O–H groups in total. The fourth-order valence-electron chi connectivity index (χ4n) is 1.28. The van der Waals surface area contributed by atoms with Gasteiger partial charge in [-0.3, -0.25) is 4.79 Å². The lowest BCUT2D eigenvalue weighted by Crippen LogP contribution is -2.38. The van der Waals surface area contributed by atoms with Crippen molar-refractivity contribution in [1.82, 2.24) is 0 Å². The van der Waals surface area contributed by atoms with Crippen molar-refractivity contribution in [3.63, 3.8) is 0 Å². The topological polar surface area (TPSA) is 76.0 Å². The summed E-state index contributed by atoms with van der Waals surface area (Å²) in [5.74, 6) is -0.391. The van der Waals surface area contributed by atoms with E-state index in [1.54, 1.807) is 0 Å². The van der Waals surface area contributed by atoms with Crippen molar-refractivity contribution in [2.75, 3.05) is 6.61 Å². The molecule has 1 saturated heterocycles. The van der Waals surface area contributed by atoms with Crippen LogP contribution in [0.1, 0.15) is 19.8 Å². The Hall–Kier alpha value is -0.650. The van der Waals surface area contributed by atoms with Crippen LogP contribution < -0.4 is 0 Å². The van der Waals surface area contributed by atoms with E-state index < -0.39 is 24.5 Å². The SMILES string of the molecule is CC(=O)OC[C@@H]1C[C@@H](O)C[C@@H](O)O1. The predicted molar refractivity (Wildman–Crippen MR) is 42.8 cm³/mol. The van der Waals surface area contributed by atoms with E-state index in [-0.39, 0.29) is 13.0 Å². The third-order valence-corrected chi connectivity index (χ3v) is 1.83. The maximum Gasteiger partial charge on any atom is 0.302 e. The molecule has 5 nitrogen and oxygen atoms in total. The van der Waals surface area contributed by atoms with Gasteiger partial charge in [0.15, 0.2) is 6.29 Å². The third-order valence-electron chi connectivity index (χ3n) is 1.83. The lowest BCUT2D eigenvalue weighted by molar-refractivity contribution is -0.202. The zero-order valence-electron chi connectivity index (χ0n) is 7.47. The smallest absolute Gasteiger partial charge is 0.302 e. The van der Waals surface area contributed by atoms with Crippen molar-refractivity contribution in [2.45, 2.75) is 38.3 Å². The summed E-state index contributed by atoms with van der Waals surface area (Å²) >= 11 is 0. The second-order valence-electron chi connectivity index (χ2n) is 3.14. The standard InChI is InChI=1S/C8H14O5/c1-5(9)12-4-7-2-6(10)3-8(11)13-7/h6-8,10-11H,2-4H2,1H3/t6-,7+,8+/m1/s1. The van der Waals surface area contributed by atoms with E-state index in [1.165, 1.54) is 6.92 Å². The number of esters is 1. The van der Waals surface area contributed by atoms with Crippen molar-refractivity contribution in [1.29, 1.82) is 0 Å². The van der Waals surface area contributed by atoms with Crippen molar-refractivity contribution in [3.8, 4) is 0 Å². The molecule has 0 spiro atoms. The molecule has 76 valence electrons. The fourth-order valence-corrected chi connectivity index (χ4v) is 1.28. The van der Waals surface area contributed by atoms with Gasteiger partial charge in [-0.25, -0.2) is 0 Å². The minimum Gasteiger partial charge on any atom is -0.463 e. The largest absolute Gasteiger partial charge is 0.463 e. The summed E-state index contributed by atoms with van der Waals surface area (Å²) in [6, 6.07) is 0. The first-order valence-corrected chi connectivity index (χ1v) is 4.23. The highest BCUT2D eigenvalue weighted by Gasteiger charge is 2.27. The Balaban J connectivity index is 2.28. The Morgan fingerprint density at radius 3 is 2.77 bits per heavy atom. The van der Waals surface area contributed by atoms with Gasteiger partial charge in [0.25, 0.3) is 0 Å². The number of rotatable bonds is 2. The summed E-state index contributed by atoms with van der Waals surface area (Å²) in [5, 5.41) is 18.3. The quantitative estimate of drug-likeness (QED) is 0.569. The number of aliphatic hydroxyl groups is 2. The molecule has 1 fully saturated rings. The summed E-state index contributed by atoms with van der Waals surface area (Å²) in [5.41, 5.74) is 0. The molecule has 1 heterocycles. The highest BCUT2D eigenvalue weighted by Crippen LogP contribution is 2.18. The van der Waals surface area contributed by atoms with Gasteiger partial charge in [0, 0.05) is 19.8 Å². The molecule has 1 aliphatic heterocycles. The van der Waals surface area contributed by atoms with E-state index in [0.717, 1.165) is 0 Å². The molecular weight excluding hydrogens is 176 g/mol. The number of aliphatic hydroxyl groups excluding tert-OH is 2. The summed E-state index contributed by atoms with van der Waals surface area (Å²) in [6.07, 6.45) is -1.32. The van der Waals surface area contributed by atoms with Crippen LogP contribution >= 0.6 is 0 Å². The van der Waals surface area contributed by atoms with E-state index in [9.17, 15) is 9.90 Å². The molecule has 0 aromatic rings. The Bertz CT molecular complexity index is 171. The number of carbonyl (C=O) groups excluding carboxylic acids is 1. The fraction of sp³-hybridized carbons (Fsp3) is 0.875. The third kappa shape index (κ3) is 3.71. The zero-order valence-corrected chi connectivity index (χ0v) is 7.47. The van der Waals surface area contributed by atoms with E-state index in [2.05, 4.69) is 0 Å². The maximum absolute atomic E-state index is 10.4. The van der Waals surface area contributed by atoms with E-state index in [1.807, 2.05) is 0 Å². The summed E-state index contributed by atoms with van der Waals surface area (Å²) in [4.78, 5) is 10.4. The Morgan fingerprint density at radius 2 is 2.23 bits per heavy atom. The predicted octanol–water partition coefficient (Wildman–Crippen LogP) is -0.592. The maximum atomic E-state index is 10.4. The average molecular weight is 190 g/mol. The van der Waals surface area contributed by atoms with Gasteiger partial charge in [0.2, 0.25) is 0 Å². The zero-order chi connectivity index (χ0) is 9.84. The molecule has 0 aromatic carbocycles. The van der Waals surface area contributed by atoms with Gasteiger partial charge in [-0.15, -0.1) is 0 Å². The van der Waals surface area contributed by atoms with E-state index in [4.69, 9.17) is 14.6 Å². The molecular formula is C8H14O5. The van der Waals surface area contributed by atoms with Gasteiger partial charge < -0.3 is 19.7 Å². The highest BCUT2D eigenvalue weighted by molar-refractivity contribution is 5.65. The molecule has 0 saturated carbocycles. The minimum atomic E-state index is -0.954. The molecule has 5 heteroatoms. The van der Waals surface area contributed by atoms with Crippen molar-refractivity contribution >= 4 is 5.97 Å². The van der Waals surface area contributed by atoms with E-state index >= 15 is 0 Å². The second-order valence-corrected chi connectivity index (χ2v) is 3.14. The van der Waals surface area contributed by atoms with Crippen molar-refractivity contribution in [3.05, 3.63) is 0 Å². The Kier molecular flexibility index (Phi) is 3.65. The van der Waals surface area contributed by atoms with Crippen LogP contribution in [-0.4, -0.2) is 41.3 Å². The Morgan fingerprint density at radius 1 is 1.54 bits per heavy atom. The molecule has 0 aliphatic carbocycles. The van der Waals surface area contributed by atoms with Crippen molar-refractivity contribution < 1.29 is 24.5 Å². The molecule has 0 aromatic heterocycles. The minimum absolute atomic E-state index is 0.0868. The monoisotopic (exact) mass is 190 g/mol. The first kappa shape index (κ1) is 10.4. The molecule has 0 radical (unpaired) electrons. The molecule has 1 rings (SSSR count). The molecule has 0 amide bonds. The molecule has 13 heavy (non-hydrogen) atoms. The lowest BCUT2D eigenvalue weighted by Gasteiger charge is -2.29. The molecule has 0 unspecified atom stereocenters. The van der Waals surface area contributed by atoms with Crippen LogP contribution in [0.3, 0.4) is 0 Å². The van der Waals surface area contributed by atoms with Crippen LogP contribution in [0.25, 0.3) is 0 Å². The highest BCUT2D eigenvalue weighted by atomic mass is 16.6. The molecule has 0 bridgehead atoms. The van der Waals surface area contributed by atoms with Gasteiger partial charge in [-0.2, -0.15) is 0 Å². The van der Waals surface area contributed by atoms with Gasteiger partial charge >= 0.3 is 5.97 Å². The van der Waals surface area contributed by atoms with Crippen molar-refractivity contribution in [2.24, 2.45) is 0 Å². The number of ether oxygens (including phenoxy) is 2. The summed E-state index contributed by atoms with van der Waals surface area (Å²) in [7, 11) is 0. The summed E-state index contributed by atoms with van der Waals surface area (Å²) < 4.78 is 9.72. The van der Waals surface area contributed by atoms with Gasteiger partial charge in [-0.1, -0.05) is 0 Å². The molecule has 3 atom stereocenters. The van der Waals surface area contributed by atoms with Gasteiger partial charge in [0.1, 0.15) is 6.61 Å². The second kappa shape index (κ2) is 4.55. The van der Waals surface area contributed by atoms with Gasteiger partial charge in [0.05, 0.1) is 12.2 Å². The molecule has 1 aliphatic rings. The van der Waals surface area contributed by atoms with E-state index in [0.29, 0.717) is 6.42 Å². The Labute approximate surface area is 76.3 Å². The van der Waals surface area contributed by atoms with Crippen LogP contribution in [0.15, 0.2) is 0 Å². The summed E-state index contributed by atoms with van der Waals surface area (Å²) in [6.45, 7) is 1.39. The van der Waals surface area contributed by atoms with Crippen LogP contribution in [0, 0.1) is 0 Å². The van der Waals surface area contributed by atoms with Crippen LogP contribution in [0.5, 0.6) is 0 Å². The lowest BCUT2D eigenvalue weighted by atomic mass is 10.1.